The Bertz CT molecular complexity index is 895. The molecule has 0 aliphatic carbocycles. The summed E-state index contributed by atoms with van der Waals surface area (Å²) in [4.78, 5) is 26.5. The van der Waals surface area contributed by atoms with E-state index in [9.17, 15) is 4.79 Å². The van der Waals surface area contributed by atoms with Crippen molar-refractivity contribution in [3.8, 4) is 11.3 Å². The van der Waals surface area contributed by atoms with Crippen LogP contribution in [0, 0.1) is 6.92 Å². The van der Waals surface area contributed by atoms with E-state index >= 15 is 0 Å². The highest BCUT2D eigenvalue weighted by Gasteiger charge is 2.13. The molecule has 0 spiro atoms. The van der Waals surface area contributed by atoms with Crippen LogP contribution in [0.3, 0.4) is 0 Å². The van der Waals surface area contributed by atoms with Crippen molar-refractivity contribution in [3.05, 3.63) is 46.7 Å². The fourth-order valence-corrected chi connectivity index (χ4v) is 3.55. The lowest BCUT2D eigenvalue weighted by Crippen LogP contribution is -2.43. The molecule has 0 bridgehead atoms. The van der Waals surface area contributed by atoms with E-state index in [1.807, 2.05) is 24.4 Å². The van der Waals surface area contributed by atoms with Gasteiger partial charge < -0.3 is 20.5 Å². The number of aryl methyl sites for hydroxylation is 1. The maximum Gasteiger partial charge on any atom is 0.273 e. The number of aromatic amines is 1. The summed E-state index contributed by atoms with van der Waals surface area (Å²) >= 11 is 1.59. The number of anilines is 2. The van der Waals surface area contributed by atoms with Crippen molar-refractivity contribution >= 4 is 28.7 Å². The first kappa shape index (κ1) is 16.7. The summed E-state index contributed by atoms with van der Waals surface area (Å²) in [6.45, 7) is 5.85. The summed E-state index contributed by atoms with van der Waals surface area (Å²) in [6, 6.07) is 5.63. The molecule has 3 aromatic rings. The van der Waals surface area contributed by atoms with Crippen molar-refractivity contribution in [2.45, 2.75) is 6.92 Å². The highest BCUT2D eigenvalue weighted by Crippen LogP contribution is 2.22. The summed E-state index contributed by atoms with van der Waals surface area (Å²) in [7, 11) is 0. The third kappa shape index (κ3) is 3.61. The first-order valence-corrected chi connectivity index (χ1v) is 9.41. The highest BCUT2D eigenvalue weighted by molar-refractivity contribution is 7.09. The minimum absolute atomic E-state index is 0.217. The molecule has 4 heterocycles. The zero-order valence-electron chi connectivity index (χ0n) is 14.5. The van der Waals surface area contributed by atoms with Crippen LogP contribution in [0.5, 0.6) is 0 Å². The molecular formula is C18H20N6OS. The van der Waals surface area contributed by atoms with E-state index in [4.69, 9.17) is 0 Å². The van der Waals surface area contributed by atoms with Gasteiger partial charge in [0, 0.05) is 43.3 Å². The maximum atomic E-state index is 12.4. The minimum Gasteiger partial charge on any atom is -0.368 e. The van der Waals surface area contributed by atoms with Crippen molar-refractivity contribution in [3.63, 3.8) is 0 Å². The van der Waals surface area contributed by atoms with Crippen molar-refractivity contribution in [1.29, 1.82) is 0 Å². The normalized spacial score (nSPS) is 14.4. The van der Waals surface area contributed by atoms with Crippen molar-refractivity contribution in [1.82, 2.24) is 20.3 Å². The maximum absolute atomic E-state index is 12.4. The van der Waals surface area contributed by atoms with Crippen LogP contribution in [0.1, 0.15) is 15.5 Å². The zero-order chi connectivity index (χ0) is 17.9. The van der Waals surface area contributed by atoms with Gasteiger partial charge in [0.1, 0.15) is 11.5 Å². The lowest BCUT2D eigenvalue weighted by molar-refractivity contribution is 0.102. The number of nitrogens with zero attached hydrogens (tertiary/aromatic N) is 3. The number of thiazole rings is 1. The van der Waals surface area contributed by atoms with Crippen molar-refractivity contribution < 1.29 is 4.79 Å². The lowest BCUT2D eigenvalue weighted by Gasteiger charge is -2.29. The molecule has 0 atom stereocenters. The molecule has 1 aliphatic heterocycles. The number of piperazine rings is 1. The second-order valence-electron chi connectivity index (χ2n) is 6.15. The molecule has 0 saturated carbocycles. The number of nitrogens with one attached hydrogen (secondary N) is 3. The first-order chi connectivity index (χ1) is 12.7. The molecule has 0 unspecified atom stereocenters. The van der Waals surface area contributed by atoms with Crippen LogP contribution in [0.2, 0.25) is 0 Å². The van der Waals surface area contributed by atoms with Gasteiger partial charge in [-0.25, -0.2) is 9.97 Å². The predicted octanol–water partition coefficient (Wildman–Crippen LogP) is 2.50. The van der Waals surface area contributed by atoms with Gasteiger partial charge in [0.2, 0.25) is 0 Å². The van der Waals surface area contributed by atoms with E-state index in [-0.39, 0.29) is 5.91 Å². The molecule has 1 aliphatic rings. The summed E-state index contributed by atoms with van der Waals surface area (Å²) < 4.78 is 0. The molecule has 0 radical (unpaired) electrons. The van der Waals surface area contributed by atoms with Crippen LogP contribution >= 0.6 is 11.3 Å². The number of aromatic nitrogens is 3. The quantitative estimate of drug-likeness (QED) is 0.659. The smallest absolute Gasteiger partial charge is 0.273 e. The molecule has 7 nitrogen and oxygen atoms in total. The SMILES string of the molecule is Cc1nc(-c2c[nH]c(C(=O)Nc3ccc(N4CCNCC4)cn3)c2)cs1. The standard InChI is InChI=1S/C18H20N6OS/c1-12-22-16(11-26-12)13-8-15(20-9-13)18(25)23-17-3-2-14(10-21-17)24-6-4-19-5-7-24/h2-3,8-11,19-20H,4-7H2,1H3,(H,21,23,25). The molecule has 3 N–H and O–H groups in total. The molecule has 1 amide bonds. The van der Waals surface area contributed by atoms with Crippen molar-refractivity contribution in [2.75, 3.05) is 36.4 Å². The van der Waals surface area contributed by atoms with Crippen LogP contribution in [0.15, 0.2) is 36.0 Å². The van der Waals surface area contributed by atoms with Crippen LogP contribution in [-0.4, -0.2) is 47.0 Å². The number of carbonyl (C=O) groups excluding carboxylic acids is 1. The Morgan fingerprint density at radius 3 is 2.85 bits per heavy atom. The Labute approximate surface area is 155 Å². The zero-order valence-corrected chi connectivity index (χ0v) is 15.3. The van der Waals surface area contributed by atoms with E-state index < -0.39 is 0 Å². The van der Waals surface area contributed by atoms with E-state index in [0.717, 1.165) is 48.1 Å². The summed E-state index contributed by atoms with van der Waals surface area (Å²) in [5.41, 5.74) is 3.34. The number of hydrogen-bond acceptors (Lipinski definition) is 6. The molecule has 26 heavy (non-hydrogen) atoms. The average molecular weight is 368 g/mol. The third-order valence-corrected chi connectivity index (χ3v) is 5.09. The number of carbonyl (C=O) groups is 1. The Morgan fingerprint density at radius 2 is 2.15 bits per heavy atom. The van der Waals surface area contributed by atoms with Gasteiger partial charge in [-0.1, -0.05) is 0 Å². The third-order valence-electron chi connectivity index (χ3n) is 4.31. The van der Waals surface area contributed by atoms with Crippen LogP contribution in [0.4, 0.5) is 11.5 Å². The van der Waals surface area contributed by atoms with Gasteiger partial charge in [-0.05, 0) is 25.1 Å². The van der Waals surface area contributed by atoms with E-state index in [1.54, 1.807) is 29.8 Å². The number of pyridine rings is 1. The second kappa shape index (κ2) is 7.27. The van der Waals surface area contributed by atoms with E-state index in [2.05, 4.69) is 30.5 Å². The van der Waals surface area contributed by atoms with Crippen LogP contribution < -0.4 is 15.5 Å². The fourth-order valence-electron chi connectivity index (χ4n) is 2.92. The molecule has 1 saturated heterocycles. The van der Waals surface area contributed by atoms with Gasteiger partial charge in [0.25, 0.3) is 5.91 Å². The van der Waals surface area contributed by atoms with Gasteiger partial charge in [-0.15, -0.1) is 11.3 Å². The second-order valence-corrected chi connectivity index (χ2v) is 7.21. The van der Waals surface area contributed by atoms with Crippen LogP contribution in [-0.2, 0) is 0 Å². The van der Waals surface area contributed by atoms with Gasteiger partial charge in [0.05, 0.1) is 22.6 Å². The molecule has 3 aromatic heterocycles. The lowest BCUT2D eigenvalue weighted by atomic mass is 10.2. The summed E-state index contributed by atoms with van der Waals surface area (Å²) in [5, 5.41) is 9.14. The van der Waals surface area contributed by atoms with Gasteiger partial charge in [0.15, 0.2) is 0 Å². The largest absolute Gasteiger partial charge is 0.368 e. The number of amides is 1. The predicted molar refractivity (Wildman–Crippen MR) is 104 cm³/mol. The van der Waals surface area contributed by atoms with Gasteiger partial charge >= 0.3 is 0 Å². The first-order valence-electron chi connectivity index (χ1n) is 8.53. The molecule has 4 rings (SSSR count). The topological polar surface area (TPSA) is 85.9 Å². The summed E-state index contributed by atoms with van der Waals surface area (Å²) in [5.74, 6) is 0.320. The molecular weight excluding hydrogens is 348 g/mol. The number of hydrogen-bond donors (Lipinski definition) is 3. The van der Waals surface area contributed by atoms with Crippen LogP contribution in [0.25, 0.3) is 11.3 Å². The van der Waals surface area contributed by atoms with E-state index in [1.165, 1.54) is 0 Å². The Kier molecular flexibility index (Phi) is 4.68. The summed E-state index contributed by atoms with van der Waals surface area (Å²) in [6.07, 6.45) is 3.60. The van der Waals surface area contributed by atoms with E-state index in [0.29, 0.717) is 11.5 Å². The molecule has 134 valence electrons. The highest BCUT2D eigenvalue weighted by atomic mass is 32.1. The Morgan fingerprint density at radius 1 is 1.31 bits per heavy atom. The Hall–Kier alpha value is -2.71. The fraction of sp³-hybridized carbons (Fsp3) is 0.278. The number of H-pyrrole nitrogens is 1. The molecule has 1 fully saturated rings. The minimum atomic E-state index is -0.217. The molecule has 8 heteroatoms. The number of rotatable bonds is 4. The monoisotopic (exact) mass is 368 g/mol. The molecule has 0 aromatic carbocycles. The average Bonchev–Trinajstić information content (AvgIpc) is 3.32. The Balaban J connectivity index is 1.42. The van der Waals surface area contributed by atoms with Crippen molar-refractivity contribution in [2.24, 2.45) is 0 Å². The van der Waals surface area contributed by atoms with Gasteiger partial charge in [-0.2, -0.15) is 0 Å². The van der Waals surface area contributed by atoms with Gasteiger partial charge in [-0.3, -0.25) is 4.79 Å².